The molecule has 0 N–H and O–H groups in total. The van der Waals surface area contributed by atoms with Gasteiger partial charge in [0.25, 0.3) is 5.91 Å². The second-order valence-electron chi connectivity index (χ2n) is 5.85. The van der Waals surface area contributed by atoms with Gasteiger partial charge in [-0.3, -0.25) is 14.2 Å². The van der Waals surface area contributed by atoms with Crippen molar-refractivity contribution in [3.8, 4) is 5.75 Å². The molecule has 0 aliphatic heterocycles. The summed E-state index contributed by atoms with van der Waals surface area (Å²) < 4.78 is 6.80. The second kappa shape index (κ2) is 7.53. The number of halogens is 1. The van der Waals surface area contributed by atoms with Crippen molar-refractivity contribution in [2.24, 2.45) is 5.11 Å². The number of hydrogen-bond donors (Lipinski definition) is 0. The highest BCUT2D eigenvalue weighted by atomic mass is 35.5. The van der Waals surface area contributed by atoms with Gasteiger partial charge >= 0.3 is 0 Å². The summed E-state index contributed by atoms with van der Waals surface area (Å²) in [5.41, 5.74) is 10.8. The van der Waals surface area contributed by atoms with E-state index in [-0.39, 0.29) is 12.3 Å². The van der Waals surface area contributed by atoms with Crippen LogP contribution < -0.4 is 4.74 Å². The number of nitrogens with zero attached hydrogens (tertiary/aromatic N) is 4. The highest BCUT2D eigenvalue weighted by Gasteiger charge is 2.21. The molecule has 8 heteroatoms. The summed E-state index contributed by atoms with van der Waals surface area (Å²) in [5.74, 6) is -0.278. The van der Waals surface area contributed by atoms with Crippen molar-refractivity contribution >= 4 is 34.3 Å². The third-order valence-corrected chi connectivity index (χ3v) is 4.57. The third-order valence-electron chi connectivity index (χ3n) is 4.32. The first-order valence-electron chi connectivity index (χ1n) is 8.02. The van der Waals surface area contributed by atoms with Crippen LogP contribution in [0.2, 0.25) is 5.02 Å². The molecule has 0 fully saturated rings. The van der Waals surface area contributed by atoms with Gasteiger partial charge in [-0.2, -0.15) is 0 Å². The Bertz CT molecular complexity index is 1100. The number of carbonyl (C=O) groups excluding carboxylic acids is 2. The molecule has 1 aromatic heterocycles. The number of azide groups is 1. The molecule has 136 valence electrons. The normalized spacial score (nSPS) is 10.5. The number of hydrogen-bond acceptors (Lipinski definition) is 3. The van der Waals surface area contributed by atoms with Gasteiger partial charge in [0.1, 0.15) is 5.75 Å². The smallest absolute Gasteiger partial charge is 0.262 e. The van der Waals surface area contributed by atoms with E-state index in [2.05, 4.69) is 10.0 Å². The van der Waals surface area contributed by atoms with Crippen LogP contribution in [-0.2, 0) is 11.2 Å². The van der Waals surface area contributed by atoms with Crippen LogP contribution in [0.25, 0.3) is 21.3 Å². The fourth-order valence-corrected chi connectivity index (χ4v) is 3.16. The van der Waals surface area contributed by atoms with Crippen molar-refractivity contribution in [1.29, 1.82) is 0 Å². The van der Waals surface area contributed by atoms with Crippen molar-refractivity contribution in [3.63, 3.8) is 0 Å². The first-order chi connectivity index (χ1) is 13.0. The number of methoxy groups -OCH3 is 1. The summed E-state index contributed by atoms with van der Waals surface area (Å²) in [6, 6.07) is 11.8. The SMILES string of the molecule is COc1ccc2c(c1)c(CC(=O)N=[N+]=[N-])c(C)n2C(=O)c1ccc(Cl)cc1. The van der Waals surface area contributed by atoms with Crippen LogP contribution in [0.1, 0.15) is 21.6 Å². The molecular weight excluding hydrogens is 368 g/mol. The molecule has 0 radical (unpaired) electrons. The molecule has 0 saturated heterocycles. The Morgan fingerprint density at radius 2 is 1.93 bits per heavy atom. The highest BCUT2D eigenvalue weighted by molar-refractivity contribution is 6.30. The van der Waals surface area contributed by atoms with Gasteiger partial charge in [-0.15, -0.1) is 0 Å². The van der Waals surface area contributed by atoms with Crippen molar-refractivity contribution in [1.82, 2.24) is 4.57 Å². The van der Waals surface area contributed by atoms with E-state index in [0.29, 0.717) is 38.5 Å². The second-order valence-corrected chi connectivity index (χ2v) is 6.29. The van der Waals surface area contributed by atoms with Gasteiger partial charge in [-0.25, -0.2) is 0 Å². The Hall–Kier alpha value is -3.28. The van der Waals surface area contributed by atoms with E-state index in [1.807, 2.05) is 0 Å². The monoisotopic (exact) mass is 382 g/mol. The quantitative estimate of drug-likeness (QED) is 0.372. The number of aromatic nitrogens is 1. The van der Waals surface area contributed by atoms with E-state index >= 15 is 0 Å². The largest absolute Gasteiger partial charge is 0.497 e. The van der Waals surface area contributed by atoms with Crippen LogP contribution in [0.4, 0.5) is 0 Å². The highest BCUT2D eigenvalue weighted by Crippen LogP contribution is 2.31. The van der Waals surface area contributed by atoms with Crippen LogP contribution in [0.5, 0.6) is 5.75 Å². The Kier molecular flexibility index (Phi) is 5.16. The zero-order valence-electron chi connectivity index (χ0n) is 14.6. The Labute approximate surface area is 159 Å². The van der Waals surface area contributed by atoms with E-state index < -0.39 is 5.91 Å². The topological polar surface area (TPSA) is 97.1 Å². The van der Waals surface area contributed by atoms with E-state index in [1.54, 1.807) is 49.4 Å². The molecule has 0 spiro atoms. The number of fused-ring (bicyclic) bond motifs is 1. The summed E-state index contributed by atoms with van der Waals surface area (Å²) in [7, 11) is 1.54. The minimum absolute atomic E-state index is 0.111. The van der Waals surface area contributed by atoms with Gasteiger partial charge in [-0.05, 0) is 65.6 Å². The number of carbonyl (C=O) groups is 2. The van der Waals surface area contributed by atoms with Crippen molar-refractivity contribution in [3.05, 3.63) is 74.8 Å². The van der Waals surface area contributed by atoms with Crippen LogP contribution in [0.3, 0.4) is 0 Å². The van der Waals surface area contributed by atoms with Gasteiger partial charge in [-0.1, -0.05) is 11.6 Å². The summed E-state index contributed by atoms with van der Waals surface area (Å²) >= 11 is 5.90. The fourth-order valence-electron chi connectivity index (χ4n) is 3.03. The molecule has 3 rings (SSSR count). The average Bonchev–Trinajstić information content (AvgIpc) is 2.93. The predicted octanol–water partition coefficient (Wildman–Crippen LogP) is 4.68. The minimum atomic E-state index is -0.624. The maximum absolute atomic E-state index is 13.1. The standard InChI is InChI=1S/C19H15ClN4O3/c1-11-15(10-18(25)22-23-21)16-9-14(27-2)7-8-17(16)24(11)19(26)12-3-5-13(20)6-4-12/h3-9H,10H2,1-2H3. The number of amides is 1. The molecule has 0 bridgehead atoms. The molecule has 1 amide bonds. The molecule has 0 atom stereocenters. The molecular formula is C19H15ClN4O3. The molecule has 27 heavy (non-hydrogen) atoms. The Morgan fingerprint density at radius 1 is 1.22 bits per heavy atom. The summed E-state index contributed by atoms with van der Waals surface area (Å²) in [5, 5.41) is 4.36. The maximum atomic E-state index is 13.1. The molecule has 0 aliphatic carbocycles. The first-order valence-corrected chi connectivity index (χ1v) is 8.40. The van der Waals surface area contributed by atoms with Gasteiger partial charge in [0.15, 0.2) is 0 Å². The lowest BCUT2D eigenvalue weighted by Crippen LogP contribution is -2.14. The number of rotatable bonds is 4. The van der Waals surface area contributed by atoms with Gasteiger partial charge in [0.05, 0.1) is 12.6 Å². The van der Waals surface area contributed by atoms with Crippen LogP contribution >= 0.6 is 11.6 Å². The fraction of sp³-hybridized carbons (Fsp3) is 0.158. The molecule has 7 nitrogen and oxygen atoms in total. The zero-order valence-corrected chi connectivity index (χ0v) is 15.4. The van der Waals surface area contributed by atoms with Gasteiger partial charge in [0, 0.05) is 33.0 Å². The Morgan fingerprint density at radius 3 is 2.56 bits per heavy atom. The van der Waals surface area contributed by atoms with Gasteiger partial charge in [0.2, 0.25) is 5.91 Å². The van der Waals surface area contributed by atoms with Crippen molar-refractivity contribution < 1.29 is 14.3 Å². The van der Waals surface area contributed by atoms with E-state index in [0.717, 1.165) is 0 Å². The zero-order chi connectivity index (χ0) is 19.6. The molecule has 0 unspecified atom stereocenters. The molecule has 3 aromatic rings. The van der Waals surface area contributed by atoms with E-state index in [1.165, 1.54) is 11.7 Å². The average molecular weight is 383 g/mol. The minimum Gasteiger partial charge on any atom is -0.497 e. The molecule has 2 aromatic carbocycles. The summed E-state index contributed by atoms with van der Waals surface area (Å²) in [6.07, 6.45) is -0.111. The summed E-state index contributed by atoms with van der Waals surface area (Å²) in [4.78, 5) is 27.5. The first kappa shape index (κ1) is 18.5. The van der Waals surface area contributed by atoms with E-state index in [9.17, 15) is 9.59 Å². The number of ether oxygens (including phenoxy) is 1. The lowest BCUT2D eigenvalue weighted by Gasteiger charge is -2.08. The number of benzene rings is 2. The lowest BCUT2D eigenvalue weighted by atomic mass is 10.1. The van der Waals surface area contributed by atoms with Crippen LogP contribution in [0.15, 0.2) is 47.6 Å². The predicted molar refractivity (Wildman–Crippen MR) is 102 cm³/mol. The van der Waals surface area contributed by atoms with Crippen LogP contribution in [0, 0.1) is 6.92 Å². The molecule has 0 saturated carbocycles. The maximum Gasteiger partial charge on any atom is 0.262 e. The Balaban J connectivity index is 2.21. The summed E-state index contributed by atoms with van der Waals surface area (Å²) in [6.45, 7) is 1.75. The van der Waals surface area contributed by atoms with Crippen LogP contribution in [-0.4, -0.2) is 23.5 Å². The molecule has 0 aliphatic rings. The van der Waals surface area contributed by atoms with Gasteiger partial charge < -0.3 is 4.74 Å². The lowest BCUT2D eigenvalue weighted by molar-refractivity contribution is -0.117. The van der Waals surface area contributed by atoms with Crippen molar-refractivity contribution in [2.75, 3.05) is 7.11 Å². The third kappa shape index (κ3) is 3.51. The molecule has 1 heterocycles. The van der Waals surface area contributed by atoms with E-state index in [4.69, 9.17) is 21.9 Å². The van der Waals surface area contributed by atoms with Crippen molar-refractivity contribution in [2.45, 2.75) is 13.3 Å².